The van der Waals surface area contributed by atoms with Gasteiger partial charge in [0.05, 0.1) is 17.5 Å². The zero-order chi connectivity index (χ0) is 16.7. The van der Waals surface area contributed by atoms with E-state index in [1.54, 1.807) is 4.57 Å². The minimum absolute atomic E-state index is 0.0504. The highest BCUT2D eigenvalue weighted by molar-refractivity contribution is 7.18. The van der Waals surface area contributed by atoms with E-state index in [-0.39, 0.29) is 17.9 Å². The van der Waals surface area contributed by atoms with Crippen LogP contribution in [0.2, 0.25) is 0 Å². The van der Waals surface area contributed by atoms with Crippen LogP contribution in [0.1, 0.15) is 16.0 Å². The molecule has 0 fully saturated rings. The number of aryl methyl sites for hydroxylation is 3. The van der Waals surface area contributed by atoms with E-state index in [1.807, 2.05) is 45.0 Å². The zero-order valence-electron chi connectivity index (χ0n) is 13.3. The van der Waals surface area contributed by atoms with Crippen LogP contribution < -0.4 is 5.56 Å². The van der Waals surface area contributed by atoms with Crippen molar-refractivity contribution in [2.24, 2.45) is 0 Å². The SMILES string of the molecule is C#CCn1c(=O)c(-c2ccccc2C)c(O)c2c(C)c(C)sc21. The third-order valence-corrected chi connectivity index (χ3v) is 5.44. The van der Waals surface area contributed by atoms with Gasteiger partial charge in [0.15, 0.2) is 0 Å². The summed E-state index contributed by atoms with van der Waals surface area (Å²) in [4.78, 5) is 14.8. The Morgan fingerprint density at radius 2 is 1.96 bits per heavy atom. The Hall–Kier alpha value is -2.51. The second-order valence-electron chi connectivity index (χ2n) is 5.60. The van der Waals surface area contributed by atoms with Crippen molar-refractivity contribution in [3.63, 3.8) is 0 Å². The van der Waals surface area contributed by atoms with Crippen molar-refractivity contribution in [1.29, 1.82) is 0 Å². The summed E-state index contributed by atoms with van der Waals surface area (Å²) in [5.74, 6) is 2.60. The predicted molar refractivity (Wildman–Crippen MR) is 96.2 cm³/mol. The molecule has 4 heteroatoms. The molecule has 2 aromatic heterocycles. The summed E-state index contributed by atoms with van der Waals surface area (Å²) in [5, 5.41) is 11.6. The lowest BCUT2D eigenvalue weighted by Crippen LogP contribution is -2.21. The fraction of sp³-hybridized carbons (Fsp3) is 0.211. The van der Waals surface area contributed by atoms with E-state index in [9.17, 15) is 9.90 Å². The Morgan fingerprint density at radius 3 is 2.61 bits per heavy atom. The number of rotatable bonds is 2. The van der Waals surface area contributed by atoms with Gasteiger partial charge in [-0.2, -0.15) is 0 Å². The first kappa shape index (κ1) is 15.4. The van der Waals surface area contributed by atoms with Crippen LogP contribution in [0.3, 0.4) is 0 Å². The summed E-state index contributed by atoms with van der Waals surface area (Å²) in [7, 11) is 0. The first-order valence-electron chi connectivity index (χ1n) is 7.32. The Labute approximate surface area is 138 Å². The fourth-order valence-electron chi connectivity index (χ4n) is 2.86. The molecule has 1 aromatic carbocycles. The average molecular weight is 323 g/mol. The Kier molecular flexibility index (Phi) is 3.75. The molecule has 0 aliphatic rings. The Morgan fingerprint density at radius 1 is 1.26 bits per heavy atom. The molecule has 0 atom stereocenters. The predicted octanol–water partition coefficient (Wildman–Crippen LogP) is 3.99. The Bertz CT molecular complexity index is 1020. The van der Waals surface area contributed by atoms with Crippen molar-refractivity contribution >= 4 is 21.6 Å². The van der Waals surface area contributed by atoms with E-state index in [0.717, 1.165) is 31.8 Å². The van der Waals surface area contributed by atoms with Crippen LogP contribution in [0.5, 0.6) is 5.75 Å². The molecule has 116 valence electrons. The van der Waals surface area contributed by atoms with Crippen LogP contribution in [0, 0.1) is 33.1 Å². The largest absolute Gasteiger partial charge is 0.506 e. The monoisotopic (exact) mass is 323 g/mol. The molecule has 0 bridgehead atoms. The van der Waals surface area contributed by atoms with E-state index in [0.29, 0.717) is 5.56 Å². The minimum Gasteiger partial charge on any atom is -0.506 e. The number of aromatic hydroxyl groups is 1. The highest BCUT2D eigenvalue weighted by Crippen LogP contribution is 2.40. The molecule has 0 unspecified atom stereocenters. The van der Waals surface area contributed by atoms with Crippen LogP contribution in [0.25, 0.3) is 21.3 Å². The summed E-state index contributed by atoms with van der Waals surface area (Å²) in [6.45, 7) is 6.06. The van der Waals surface area contributed by atoms with Crippen molar-refractivity contribution in [2.75, 3.05) is 0 Å². The molecule has 3 nitrogen and oxygen atoms in total. The molecule has 2 heterocycles. The van der Waals surface area contributed by atoms with Crippen LogP contribution in [0.4, 0.5) is 0 Å². The zero-order valence-corrected chi connectivity index (χ0v) is 14.1. The lowest BCUT2D eigenvalue weighted by atomic mass is 9.99. The maximum atomic E-state index is 13.0. The summed E-state index contributed by atoms with van der Waals surface area (Å²) in [5.41, 5.74) is 2.75. The van der Waals surface area contributed by atoms with Gasteiger partial charge in [-0.25, -0.2) is 0 Å². The van der Waals surface area contributed by atoms with Crippen LogP contribution in [-0.2, 0) is 6.54 Å². The Balaban J connectivity index is 2.54. The van der Waals surface area contributed by atoms with Crippen LogP contribution in [-0.4, -0.2) is 9.67 Å². The van der Waals surface area contributed by atoms with E-state index >= 15 is 0 Å². The molecule has 0 radical (unpaired) electrons. The normalized spacial score (nSPS) is 10.9. The summed E-state index contributed by atoms with van der Waals surface area (Å²) >= 11 is 1.49. The number of benzene rings is 1. The van der Waals surface area contributed by atoms with Gasteiger partial charge in [-0.05, 0) is 37.5 Å². The van der Waals surface area contributed by atoms with Gasteiger partial charge in [0.25, 0.3) is 5.56 Å². The fourth-order valence-corrected chi connectivity index (χ4v) is 4.02. The first-order chi connectivity index (χ1) is 11.0. The van der Waals surface area contributed by atoms with Crippen molar-refractivity contribution in [3.8, 4) is 29.2 Å². The lowest BCUT2D eigenvalue weighted by Gasteiger charge is -2.13. The van der Waals surface area contributed by atoms with E-state index < -0.39 is 0 Å². The van der Waals surface area contributed by atoms with Crippen molar-refractivity contribution in [1.82, 2.24) is 4.57 Å². The molecule has 0 spiro atoms. The van der Waals surface area contributed by atoms with Crippen molar-refractivity contribution in [2.45, 2.75) is 27.3 Å². The minimum atomic E-state index is -0.247. The number of pyridine rings is 1. The second-order valence-corrected chi connectivity index (χ2v) is 6.80. The molecular formula is C19H17NO2S. The van der Waals surface area contributed by atoms with E-state index in [4.69, 9.17) is 6.42 Å². The summed E-state index contributed by atoms with van der Waals surface area (Å²) < 4.78 is 1.58. The average Bonchev–Trinajstić information content (AvgIpc) is 2.81. The van der Waals surface area contributed by atoms with Gasteiger partial charge >= 0.3 is 0 Å². The number of nitrogens with zero attached hydrogens (tertiary/aromatic N) is 1. The molecular weight excluding hydrogens is 306 g/mol. The quantitative estimate of drug-likeness (QED) is 0.725. The van der Waals surface area contributed by atoms with Gasteiger partial charge in [-0.1, -0.05) is 30.2 Å². The molecule has 0 saturated heterocycles. The molecule has 0 amide bonds. The van der Waals surface area contributed by atoms with Gasteiger partial charge in [0, 0.05) is 4.88 Å². The van der Waals surface area contributed by atoms with Crippen LogP contribution >= 0.6 is 11.3 Å². The molecule has 3 rings (SSSR count). The van der Waals surface area contributed by atoms with Gasteiger partial charge in [-0.3, -0.25) is 9.36 Å². The van der Waals surface area contributed by atoms with Crippen molar-refractivity contribution < 1.29 is 5.11 Å². The maximum absolute atomic E-state index is 13.0. The van der Waals surface area contributed by atoms with Crippen LogP contribution in [0.15, 0.2) is 29.1 Å². The highest BCUT2D eigenvalue weighted by atomic mass is 32.1. The molecule has 0 aliphatic heterocycles. The van der Waals surface area contributed by atoms with Gasteiger partial charge in [0.1, 0.15) is 10.6 Å². The van der Waals surface area contributed by atoms with E-state index in [1.165, 1.54) is 11.3 Å². The molecule has 0 aliphatic carbocycles. The topological polar surface area (TPSA) is 42.2 Å². The smallest absolute Gasteiger partial charge is 0.264 e. The van der Waals surface area contributed by atoms with Crippen molar-refractivity contribution in [3.05, 3.63) is 50.6 Å². The third kappa shape index (κ3) is 2.25. The summed E-state index contributed by atoms with van der Waals surface area (Å²) in [6, 6.07) is 7.55. The number of terminal acetylenes is 1. The van der Waals surface area contributed by atoms with Gasteiger partial charge < -0.3 is 5.11 Å². The molecule has 3 aromatic rings. The molecule has 23 heavy (non-hydrogen) atoms. The lowest BCUT2D eigenvalue weighted by molar-refractivity contribution is 0.481. The standard InChI is InChI=1S/C19H17NO2S/c1-5-10-20-18(22)16(14-9-7-6-8-11(14)2)17(21)15-12(3)13(4)23-19(15)20/h1,6-9,21H,10H2,2-4H3. The number of thiophene rings is 1. The van der Waals surface area contributed by atoms with E-state index in [2.05, 4.69) is 5.92 Å². The number of hydrogen-bond donors (Lipinski definition) is 1. The summed E-state index contributed by atoms with van der Waals surface area (Å²) in [6.07, 6.45) is 5.45. The molecule has 0 saturated carbocycles. The third-order valence-electron chi connectivity index (χ3n) is 4.21. The number of aromatic nitrogens is 1. The maximum Gasteiger partial charge on any atom is 0.264 e. The first-order valence-corrected chi connectivity index (χ1v) is 8.14. The van der Waals surface area contributed by atoms with Gasteiger partial charge in [0.2, 0.25) is 0 Å². The van der Waals surface area contributed by atoms with Gasteiger partial charge in [-0.15, -0.1) is 17.8 Å². The second kappa shape index (κ2) is 5.60. The number of fused-ring (bicyclic) bond motifs is 1. The molecule has 1 N–H and O–H groups in total. The number of hydrogen-bond acceptors (Lipinski definition) is 3. The highest BCUT2D eigenvalue weighted by Gasteiger charge is 2.22.